The molecule has 0 radical (unpaired) electrons. The van der Waals surface area contributed by atoms with Crippen LogP contribution in [0.5, 0.6) is 0 Å². The number of carboxylic acids is 1. The average molecular weight is 561 g/mol. The minimum absolute atomic E-state index is 0.00971. The SMILES string of the molecule is Cc1oc([C@@H](Cc2cn(C)c3ccccc23)NC(=O)[C@@H](C(=O)On2ccc3cc(F)ccc32)C(C)C)nc1C(=O)O. The van der Waals surface area contributed by atoms with Crippen molar-refractivity contribution in [1.82, 2.24) is 19.6 Å². The summed E-state index contributed by atoms with van der Waals surface area (Å²) in [7, 11) is 1.90. The van der Waals surface area contributed by atoms with Crippen LogP contribution in [0.4, 0.5) is 4.39 Å². The Balaban J connectivity index is 1.45. The molecule has 5 rings (SSSR count). The second-order valence-corrected chi connectivity index (χ2v) is 10.3. The second-order valence-electron chi connectivity index (χ2n) is 10.3. The highest BCUT2D eigenvalue weighted by Crippen LogP contribution is 2.28. The van der Waals surface area contributed by atoms with Gasteiger partial charge in [-0.1, -0.05) is 32.0 Å². The minimum Gasteiger partial charge on any atom is -0.476 e. The zero-order chi connectivity index (χ0) is 29.4. The molecule has 0 fully saturated rings. The van der Waals surface area contributed by atoms with Crippen molar-refractivity contribution in [2.75, 3.05) is 0 Å². The molecule has 0 aliphatic heterocycles. The van der Waals surface area contributed by atoms with Gasteiger partial charge in [0.15, 0.2) is 5.69 Å². The molecule has 41 heavy (non-hydrogen) atoms. The predicted molar refractivity (Wildman–Crippen MR) is 148 cm³/mol. The van der Waals surface area contributed by atoms with Gasteiger partial charge in [0.2, 0.25) is 11.8 Å². The summed E-state index contributed by atoms with van der Waals surface area (Å²) in [5.74, 6) is -4.69. The summed E-state index contributed by atoms with van der Waals surface area (Å²) in [6.07, 6.45) is 3.62. The summed E-state index contributed by atoms with van der Waals surface area (Å²) in [5, 5.41) is 13.9. The molecule has 0 unspecified atom stereocenters. The summed E-state index contributed by atoms with van der Waals surface area (Å²) in [5.41, 5.74) is 2.06. The lowest BCUT2D eigenvalue weighted by atomic mass is 9.94. The molecule has 212 valence electrons. The number of hydrogen-bond acceptors (Lipinski definition) is 6. The molecule has 2 atom stereocenters. The first kappa shape index (κ1) is 27.6. The van der Waals surface area contributed by atoms with Crippen LogP contribution in [-0.4, -0.2) is 37.2 Å². The fourth-order valence-electron chi connectivity index (χ4n) is 5.04. The number of carboxylic acid groups (broad SMARTS) is 1. The molecule has 1 amide bonds. The molecule has 0 bridgehead atoms. The van der Waals surface area contributed by atoms with Gasteiger partial charge in [0.05, 0.1) is 5.52 Å². The molecule has 0 spiro atoms. The number of aromatic nitrogens is 3. The van der Waals surface area contributed by atoms with Crippen LogP contribution < -0.4 is 10.2 Å². The zero-order valence-electron chi connectivity index (χ0n) is 22.9. The summed E-state index contributed by atoms with van der Waals surface area (Å²) in [4.78, 5) is 48.4. The van der Waals surface area contributed by atoms with Crippen molar-refractivity contribution < 1.29 is 33.1 Å². The van der Waals surface area contributed by atoms with Crippen LogP contribution in [0.2, 0.25) is 0 Å². The lowest BCUT2D eigenvalue weighted by Crippen LogP contribution is -2.43. The number of aromatic carboxylic acids is 1. The fraction of sp³-hybridized carbons (Fsp3) is 0.267. The maximum Gasteiger partial charge on any atom is 0.358 e. The molecule has 2 N–H and O–H groups in total. The number of halogens is 1. The number of amides is 1. The normalized spacial score (nSPS) is 13.0. The van der Waals surface area contributed by atoms with Crippen molar-refractivity contribution in [2.45, 2.75) is 33.2 Å². The Morgan fingerprint density at radius 2 is 1.88 bits per heavy atom. The van der Waals surface area contributed by atoms with Gasteiger partial charge in [0.1, 0.15) is 23.5 Å². The van der Waals surface area contributed by atoms with Crippen LogP contribution in [-0.2, 0) is 23.1 Å². The standard InChI is InChI=1S/C30H29FN4O6/c1-16(2)25(30(39)41-35-12-11-18-13-20(31)9-10-23(18)35)27(36)32-22(28-33-26(29(37)38)17(3)40-28)14-19-15-34(4)24-8-6-5-7-21(19)24/h5-13,15-16,22,25H,14H2,1-4H3,(H,32,36)(H,37,38)/t22-,25+/m1/s1. The van der Waals surface area contributed by atoms with Crippen LogP contribution in [0.1, 0.15) is 47.6 Å². The van der Waals surface area contributed by atoms with E-state index in [9.17, 15) is 23.9 Å². The van der Waals surface area contributed by atoms with Crippen molar-refractivity contribution in [3.05, 3.63) is 89.7 Å². The summed E-state index contributed by atoms with van der Waals surface area (Å²) in [6.45, 7) is 4.91. The molecule has 5 aromatic rings. The molecule has 0 aliphatic rings. The third-order valence-corrected chi connectivity index (χ3v) is 7.04. The Hall–Kier alpha value is -4.93. The summed E-state index contributed by atoms with van der Waals surface area (Å²) < 4.78 is 22.5. The third kappa shape index (κ3) is 5.43. The maximum absolute atomic E-state index is 13.7. The van der Waals surface area contributed by atoms with Crippen LogP contribution in [0.25, 0.3) is 21.8 Å². The zero-order valence-corrected chi connectivity index (χ0v) is 22.9. The number of nitrogens with zero attached hydrogens (tertiary/aromatic N) is 3. The van der Waals surface area contributed by atoms with Gasteiger partial charge in [-0.15, -0.1) is 0 Å². The molecule has 10 nitrogen and oxygen atoms in total. The van der Waals surface area contributed by atoms with E-state index in [-0.39, 0.29) is 23.8 Å². The molecule has 0 saturated carbocycles. The number of carbonyl (C=O) groups is 3. The van der Waals surface area contributed by atoms with Crippen molar-refractivity contribution in [3.8, 4) is 0 Å². The van der Waals surface area contributed by atoms with Crippen molar-refractivity contribution in [3.63, 3.8) is 0 Å². The summed E-state index contributed by atoms with van der Waals surface area (Å²) in [6, 6.07) is 12.5. The minimum atomic E-state index is -1.25. The monoisotopic (exact) mass is 560 g/mol. The van der Waals surface area contributed by atoms with E-state index in [1.807, 2.05) is 42.1 Å². The largest absolute Gasteiger partial charge is 0.476 e. The van der Waals surface area contributed by atoms with Gasteiger partial charge in [0, 0.05) is 42.2 Å². The van der Waals surface area contributed by atoms with Gasteiger partial charge >= 0.3 is 11.9 Å². The van der Waals surface area contributed by atoms with Gasteiger partial charge in [-0.05, 0) is 48.7 Å². The van der Waals surface area contributed by atoms with E-state index in [0.29, 0.717) is 10.9 Å². The first-order valence-electron chi connectivity index (χ1n) is 13.1. The number of para-hydroxylation sites is 1. The topological polar surface area (TPSA) is 129 Å². The number of aryl methyl sites for hydroxylation is 2. The lowest BCUT2D eigenvalue weighted by Gasteiger charge is -2.22. The number of hydrogen-bond donors (Lipinski definition) is 2. The maximum atomic E-state index is 13.7. The molecule has 3 heterocycles. The number of nitrogens with one attached hydrogen (secondary N) is 1. The van der Waals surface area contributed by atoms with Crippen molar-refractivity contribution >= 4 is 39.7 Å². The summed E-state index contributed by atoms with van der Waals surface area (Å²) >= 11 is 0. The molecular formula is C30H29FN4O6. The predicted octanol–water partition coefficient (Wildman–Crippen LogP) is 4.59. The van der Waals surface area contributed by atoms with Crippen LogP contribution in [0.3, 0.4) is 0 Å². The van der Waals surface area contributed by atoms with Gasteiger partial charge in [-0.3, -0.25) is 4.79 Å². The molecule has 3 aromatic heterocycles. The first-order chi connectivity index (χ1) is 19.5. The third-order valence-electron chi connectivity index (χ3n) is 7.04. The van der Waals surface area contributed by atoms with E-state index in [2.05, 4.69) is 10.3 Å². The number of oxazole rings is 1. The quantitative estimate of drug-likeness (QED) is 0.252. The Bertz CT molecular complexity index is 1780. The Kier molecular flexibility index (Phi) is 7.36. The van der Waals surface area contributed by atoms with E-state index in [1.54, 1.807) is 19.9 Å². The van der Waals surface area contributed by atoms with Crippen molar-refractivity contribution in [2.24, 2.45) is 18.9 Å². The van der Waals surface area contributed by atoms with Crippen molar-refractivity contribution in [1.29, 1.82) is 0 Å². The van der Waals surface area contributed by atoms with Gasteiger partial charge in [0.25, 0.3) is 0 Å². The van der Waals surface area contributed by atoms with Crippen LogP contribution in [0, 0.1) is 24.6 Å². The molecular weight excluding hydrogens is 531 g/mol. The first-order valence-corrected chi connectivity index (χ1v) is 13.1. The molecule has 11 heteroatoms. The van der Waals surface area contributed by atoms with E-state index >= 15 is 0 Å². The van der Waals surface area contributed by atoms with E-state index in [0.717, 1.165) is 16.5 Å². The number of carbonyl (C=O) groups excluding carboxylic acids is 2. The van der Waals surface area contributed by atoms with E-state index in [1.165, 1.54) is 36.1 Å². The second kappa shape index (κ2) is 10.9. The molecule has 0 aliphatic carbocycles. The number of rotatable bonds is 9. The number of fused-ring (bicyclic) bond motifs is 2. The van der Waals surface area contributed by atoms with Crippen LogP contribution >= 0.6 is 0 Å². The molecule has 0 saturated heterocycles. The smallest absolute Gasteiger partial charge is 0.358 e. The van der Waals surface area contributed by atoms with Gasteiger partial charge in [-0.2, -0.15) is 4.73 Å². The van der Waals surface area contributed by atoms with Gasteiger partial charge < -0.3 is 24.2 Å². The lowest BCUT2D eigenvalue weighted by molar-refractivity contribution is -0.154. The van der Waals surface area contributed by atoms with E-state index in [4.69, 9.17) is 9.25 Å². The highest BCUT2D eigenvalue weighted by atomic mass is 19.1. The Labute approximate surface area is 234 Å². The molecule has 2 aromatic carbocycles. The Morgan fingerprint density at radius 1 is 1.12 bits per heavy atom. The number of benzene rings is 2. The average Bonchev–Trinajstić information content (AvgIpc) is 3.59. The van der Waals surface area contributed by atoms with E-state index < -0.39 is 41.5 Å². The highest BCUT2D eigenvalue weighted by Gasteiger charge is 2.35. The van der Waals surface area contributed by atoms with Gasteiger partial charge in [-0.25, -0.2) is 19.0 Å². The fourth-order valence-corrected chi connectivity index (χ4v) is 5.04. The highest BCUT2D eigenvalue weighted by molar-refractivity contribution is 5.98. The van der Waals surface area contributed by atoms with Crippen LogP contribution in [0.15, 0.2) is 65.3 Å². The Morgan fingerprint density at radius 3 is 2.59 bits per heavy atom.